The number of nitrogens with zero attached hydrogens (tertiary/aromatic N) is 2. The Labute approximate surface area is 99.7 Å². The SMILES string of the molecule is Cc1csc2nc(SCC(N)=O)c(C=O)n12. The molecule has 0 aliphatic heterocycles. The largest absolute Gasteiger partial charge is 0.369 e. The molecule has 7 heteroatoms. The molecule has 5 nitrogen and oxygen atoms in total. The maximum absolute atomic E-state index is 11.0. The topological polar surface area (TPSA) is 77.5 Å². The van der Waals surface area contributed by atoms with Gasteiger partial charge in [-0.3, -0.25) is 14.0 Å². The second-order valence-electron chi connectivity index (χ2n) is 3.17. The second-order valence-corrected chi connectivity index (χ2v) is 4.97. The van der Waals surface area contributed by atoms with Gasteiger partial charge in [-0.1, -0.05) is 11.8 Å². The fourth-order valence-corrected chi connectivity index (χ4v) is 3.00. The number of carbonyl (C=O) groups is 2. The Bertz CT molecular complexity index is 558. The van der Waals surface area contributed by atoms with E-state index in [1.54, 1.807) is 4.40 Å². The number of aryl methyl sites for hydroxylation is 1. The fourth-order valence-electron chi connectivity index (χ4n) is 1.35. The van der Waals surface area contributed by atoms with Crippen molar-refractivity contribution in [2.24, 2.45) is 5.73 Å². The van der Waals surface area contributed by atoms with Crippen molar-refractivity contribution < 1.29 is 9.59 Å². The molecule has 0 unspecified atom stereocenters. The molecule has 84 valence electrons. The second kappa shape index (κ2) is 4.26. The van der Waals surface area contributed by atoms with Crippen molar-refractivity contribution in [3.05, 3.63) is 16.8 Å². The van der Waals surface area contributed by atoms with Crippen LogP contribution in [0, 0.1) is 6.92 Å². The first-order valence-electron chi connectivity index (χ1n) is 4.46. The number of primary amides is 1. The minimum Gasteiger partial charge on any atom is -0.369 e. The highest BCUT2D eigenvalue weighted by atomic mass is 32.2. The molecule has 0 atom stereocenters. The number of thioether (sulfide) groups is 1. The molecule has 2 aromatic rings. The number of thiazole rings is 1. The van der Waals surface area contributed by atoms with Gasteiger partial charge in [0.25, 0.3) is 0 Å². The molecule has 0 saturated carbocycles. The van der Waals surface area contributed by atoms with Crippen molar-refractivity contribution in [3.63, 3.8) is 0 Å². The predicted octanol–water partition coefficient (Wildman–Crippen LogP) is 1.09. The van der Waals surface area contributed by atoms with Crippen LogP contribution in [0.3, 0.4) is 0 Å². The van der Waals surface area contributed by atoms with E-state index in [1.165, 1.54) is 23.1 Å². The molecule has 0 radical (unpaired) electrons. The zero-order valence-corrected chi connectivity index (χ0v) is 10.1. The molecule has 2 heterocycles. The van der Waals surface area contributed by atoms with Gasteiger partial charge in [0.15, 0.2) is 11.2 Å². The lowest BCUT2D eigenvalue weighted by Gasteiger charge is -1.96. The van der Waals surface area contributed by atoms with Gasteiger partial charge in [0.1, 0.15) is 10.7 Å². The minimum absolute atomic E-state index is 0.130. The molecular formula is C9H9N3O2S2. The van der Waals surface area contributed by atoms with Crippen molar-refractivity contribution in [1.82, 2.24) is 9.38 Å². The van der Waals surface area contributed by atoms with Crippen LogP contribution in [0.5, 0.6) is 0 Å². The maximum atomic E-state index is 11.0. The Kier molecular flexibility index (Phi) is 2.97. The van der Waals surface area contributed by atoms with E-state index in [9.17, 15) is 9.59 Å². The summed E-state index contributed by atoms with van der Waals surface area (Å²) in [5.41, 5.74) is 6.50. The summed E-state index contributed by atoms with van der Waals surface area (Å²) < 4.78 is 1.78. The number of nitrogens with two attached hydrogens (primary N) is 1. The highest BCUT2D eigenvalue weighted by Gasteiger charge is 2.15. The molecule has 0 aromatic carbocycles. The predicted molar refractivity (Wildman–Crippen MR) is 63.1 cm³/mol. The van der Waals surface area contributed by atoms with E-state index in [2.05, 4.69) is 4.98 Å². The number of aldehydes is 1. The quantitative estimate of drug-likeness (QED) is 0.655. The Hall–Kier alpha value is -1.34. The molecule has 1 amide bonds. The Morgan fingerprint density at radius 3 is 3.12 bits per heavy atom. The first-order valence-corrected chi connectivity index (χ1v) is 6.33. The van der Waals surface area contributed by atoms with Crippen LogP contribution in [0.4, 0.5) is 0 Å². The maximum Gasteiger partial charge on any atom is 0.227 e. The summed E-state index contributed by atoms with van der Waals surface area (Å²) in [4.78, 5) is 26.7. The molecule has 0 fully saturated rings. The summed E-state index contributed by atoms with van der Waals surface area (Å²) in [6.45, 7) is 1.90. The summed E-state index contributed by atoms with van der Waals surface area (Å²) in [6.07, 6.45) is 0.753. The lowest BCUT2D eigenvalue weighted by molar-refractivity contribution is -0.115. The van der Waals surface area contributed by atoms with Gasteiger partial charge in [-0.2, -0.15) is 0 Å². The van der Waals surface area contributed by atoms with Crippen LogP contribution in [-0.4, -0.2) is 27.3 Å². The first-order chi connectivity index (χ1) is 7.63. The zero-order chi connectivity index (χ0) is 11.7. The lowest BCUT2D eigenvalue weighted by atomic mass is 10.5. The smallest absolute Gasteiger partial charge is 0.227 e. The van der Waals surface area contributed by atoms with Crippen LogP contribution in [-0.2, 0) is 4.79 Å². The van der Waals surface area contributed by atoms with Crippen LogP contribution >= 0.6 is 23.1 Å². The van der Waals surface area contributed by atoms with Crippen LogP contribution in [0.1, 0.15) is 16.2 Å². The molecule has 16 heavy (non-hydrogen) atoms. The van der Waals surface area contributed by atoms with Gasteiger partial charge < -0.3 is 5.73 Å². The fraction of sp³-hybridized carbons (Fsp3) is 0.222. The molecule has 0 aliphatic carbocycles. The van der Waals surface area contributed by atoms with Crippen LogP contribution < -0.4 is 5.73 Å². The molecule has 0 saturated heterocycles. The highest BCUT2D eigenvalue weighted by Crippen LogP contribution is 2.26. The van der Waals surface area contributed by atoms with Gasteiger partial charge in [-0.05, 0) is 6.92 Å². The summed E-state index contributed by atoms with van der Waals surface area (Å²) in [5.74, 6) is -0.292. The van der Waals surface area contributed by atoms with Crippen LogP contribution in [0.15, 0.2) is 10.4 Å². The third-order valence-corrected chi connectivity index (χ3v) is 3.95. The van der Waals surface area contributed by atoms with E-state index >= 15 is 0 Å². The number of fused-ring (bicyclic) bond motifs is 1. The van der Waals surface area contributed by atoms with Gasteiger partial charge in [-0.25, -0.2) is 4.98 Å². The number of aromatic nitrogens is 2. The number of amides is 1. The first kappa shape index (κ1) is 11.2. The molecule has 0 aliphatic rings. The van der Waals surface area contributed by atoms with E-state index < -0.39 is 5.91 Å². The number of carbonyl (C=O) groups excluding carboxylic acids is 2. The van der Waals surface area contributed by atoms with Crippen molar-refractivity contribution in [2.75, 3.05) is 5.75 Å². The Morgan fingerprint density at radius 2 is 2.50 bits per heavy atom. The molecule has 0 spiro atoms. The van der Waals surface area contributed by atoms with Crippen molar-refractivity contribution in [2.45, 2.75) is 11.9 Å². The van der Waals surface area contributed by atoms with Crippen LogP contribution in [0.25, 0.3) is 4.96 Å². The van der Waals surface area contributed by atoms with E-state index in [4.69, 9.17) is 5.73 Å². The standard InChI is InChI=1S/C9H9N3O2S2/c1-5-3-16-9-11-8(15-4-7(10)14)6(2-13)12(5)9/h2-3H,4H2,1H3,(H2,10,14). The number of rotatable bonds is 4. The van der Waals surface area contributed by atoms with Gasteiger partial charge in [0.05, 0.1) is 5.75 Å². The van der Waals surface area contributed by atoms with Crippen LogP contribution in [0.2, 0.25) is 0 Å². The van der Waals surface area contributed by atoms with E-state index in [0.29, 0.717) is 10.7 Å². The van der Waals surface area contributed by atoms with E-state index in [1.807, 2.05) is 12.3 Å². The average Bonchev–Trinajstić information content (AvgIpc) is 2.75. The normalized spacial score (nSPS) is 10.8. The van der Waals surface area contributed by atoms with Crippen molar-refractivity contribution >= 4 is 40.3 Å². The zero-order valence-electron chi connectivity index (χ0n) is 8.47. The summed E-state index contributed by atoms with van der Waals surface area (Å²) in [6, 6.07) is 0. The number of imidazole rings is 1. The summed E-state index contributed by atoms with van der Waals surface area (Å²) in [7, 11) is 0. The van der Waals surface area contributed by atoms with Gasteiger partial charge >= 0.3 is 0 Å². The summed E-state index contributed by atoms with van der Waals surface area (Å²) >= 11 is 2.65. The number of hydrogen-bond acceptors (Lipinski definition) is 5. The highest BCUT2D eigenvalue weighted by molar-refractivity contribution is 8.00. The van der Waals surface area contributed by atoms with Gasteiger partial charge in [0.2, 0.25) is 5.91 Å². The molecule has 2 aromatic heterocycles. The minimum atomic E-state index is -0.421. The van der Waals surface area contributed by atoms with Crippen molar-refractivity contribution in [1.29, 1.82) is 0 Å². The third-order valence-electron chi connectivity index (χ3n) is 2.00. The average molecular weight is 255 g/mol. The molecule has 2 rings (SSSR count). The Morgan fingerprint density at radius 1 is 1.75 bits per heavy atom. The van der Waals surface area contributed by atoms with Crippen molar-refractivity contribution in [3.8, 4) is 0 Å². The van der Waals surface area contributed by atoms with Gasteiger partial charge in [-0.15, -0.1) is 11.3 Å². The van der Waals surface area contributed by atoms with E-state index in [0.717, 1.165) is 16.9 Å². The van der Waals surface area contributed by atoms with Gasteiger partial charge in [0, 0.05) is 11.1 Å². The molecule has 0 bridgehead atoms. The molecule has 2 N–H and O–H groups in total. The Balaban J connectivity index is 2.45. The lowest BCUT2D eigenvalue weighted by Crippen LogP contribution is -2.13. The number of hydrogen-bond donors (Lipinski definition) is 1. The summed E-state index contributed by atoms with van der Waals surface area (Å²) in [5, 5.41) is 2.49. The monoisotopic (exact) mass is 255 g/mol. The van der Waals surface area contributed by atoms with E-state index in [-0.39, 0.29) is 5.75 Å². The third kappa shape index (κ3) is 1.83. The molecular weight excluding hydrogens is 246 g/mol.